The zero-order valence-electron chi connectivity index (χ0n) is 16.0. The number of amides is 1. The number of aryl methyl sites for hydroxylation is 1. The fourth-order valence-corrected chi connectivity index (χ4v) is 4.80. The number of nitrogens with zero attached hydrogens (tertiary/aromatic N) is 1. The molecule has 0 aliphatic rings. The van der Waals surface area contributed by atoms with Crippen molar-refractivity contribution in [3.8, 4) is 11.3 Å². The molecule has 0 bridgehead atoms. The Labute approximate surface area is 169 Å². The monoisotopic (exact) mass is 396 g/mol. The summed E-state index contributed by atoms with van der Waals surface area (Å²) in [5, 5.41) is 4.96. The van der Waals surface area contributed by atoms with E-state index < -0.39 is 0 Å². The summed E-state index contributed by atoms with van der Waals surface area (Å²) in [5.74, 6) is 0.364. The molecule has 1 amide bonds. The molecular weight excluding hydrogens is 372 g/mol. The molecule has 0 radical (unpaired) electrons. The highest BCUT2D eigenvalue weighted by Gasteiger charge is 2.19. The zero-order chi connectivity index (χ0) is 19.4. The Bertz CT molecular complexity index is 919. The molecule has 3 aromatic rings. The number of nitrogens with one attached hydrogen (secondary N) is 1. The summed E-state index contributed by atoms with van der Waals surface area (Å²) in [4.78, 5) is 17.4. The molecule has 0 aliphatic carbocycles. The fraction of sp³-hybridized carbons (Fsp3) is 0.273. The van der Waals surface area contributed by atoms with Crippen LogP contribution in [0.5, 0.6) is 0 Å². The molecule has 1 N–H and O–H groups in total. The van der Waals surface area contributed by atoms with Crippen LogP contribution in [0.25, 0.3) is 11.3 Å². The van der Waals surface area contributed by atoms with E-state index in [4.69, 9.17) is 0 Å². The van der Waals surface area contributed by atoms with Crippen LogP contribution < -0.4 is 5.32 Å². The highest BCUT2D eigenvalue weighted by molar-refractivity contribution is 8.02. The van der Waals surface area contributed by atoms with Crippen molar-refractivity contribution >= 4 is 34.7 Å². The molecule has 1 unspecified atom stereocenters. The number of benzene rings is 2. The molecule has 1 aromatic heterocycles. The minimum Gasteiger partial charge on any atom is -0.325 e. The summed E-state index contributed by atoms with van der Waals surface area (Å²) >= 11 is 3.08. The number of thioether (sulfide) groups is 1. The Morgan fingerprint density at radius 2 is 1.81 bits per heavy atom. The molecule has 0 aliphatic heterocycles. The van der Waals surface area contributed by atoms with Crippen molar-refractivity contribution < 1.29 is 4.79 Å². The lowest BCUT2D eigenvalue weighted by Crippen LogP contribution is -2.23. The maximum Gasteiger partial charge on any atom is 0.237 e. The molecule has 140 valence electrons. The number of hydrogen-bond acceptors (Lipinski definition) is 4. The van der Waals surface area contributed by atoms with Gasteiger partial charge in [0, 0.05) is 16.6 Å². The van der Waals surface area contributed by atoms with Crippen molar-refractivity contribution in [1.29, 1.82) is 0 Å². The first kappa shape index (κ1) is 19.6. The Balaban J connectivity index is 1.70. The normalized spacial score (nSPS) is 12.2. The molecule has 0 saturated heterocycles. The summed E-state index contributed by atoms with van der Waals surface area (Å²) in [6.45, 7) is 8.25. The molecule has 0 fully saturated rings. The second kappa shape index (κ2) is 8.72. The standard InChI is InChI=1S/C22H24N2OS2/c1-14(2)18-12-8-9-15(3)20(18)24-21(25)16(4)27-22-23-19(13-26-22)17-10-6-5-7-11-17/h5-14,16H,1-4H3,(H,24,25). The first-order valence-corrected chi connectivity index (χ1v) is 10.8. The number of anilines is 1. The van der Waals surface area contributed by atoms with E-state index >= 15 is 0 Å². The van der Waals surface area contributed by atoms with E-state index in [1.54, 1.807) is 11.3 Å². The number of para-hydroxylation sites is 1. The molecule has 3 rings (SSSR count). The van der Waals surface area contributed by atoms with Gasteiger partial charge < -0.3 is 5.32 Å². The van der Waals surface area contributed by atoms with Gasteiger partial charge in [-0.25, -0.2) is 4.98 Å². The predicted molar refractivity (Wildman–Crippen MR) is 117 cm³/mol. The van der Waals surface area contributed by atoms with Crippen molar-refractivity contribution in [2.24, 2.45) is 0 Å². The Morgan fingerprint density at radius 1 is 1.07 bits per heavy atom. The van der Waals surface area contributed by atoms with E-state index in [9.17, 15) is 4.79 Å². The highest BCUT2D eigenvalue weighted by atomic mass is 32.2. The van der Waals surface area contributed by atoms with Gasteiger partial charge in [-0.1, -0.05) is 74.1 Å². The predicted octanol–water partition coefficient (Wildman–Crippen LogP) is 6.36. The summed E-state index contributed by atoms with van der Waals surface area (Å²) in [7, 11) is 0. The lowest BCUT2D eigenvalue weighted by Gasteiger charge is -2.18. The average Bonchev–Trinajstić information content (AvgIpc) is 3.12. The second-order valence-electron chi connectivity index (χ2n) is 6.81. The third kappa shape index (κ3) is 4.79. The van der Waals surface area contributed by atoms with Gasteiger partial charge in [0.05, 0.1) is 10.9 Å². The quantitative estimate of drug-likeness (QED) is 0.493. The first-order chi connectivity index (χ1) is 13.0. The number of hydrogen-bond donors (Lipinski definition) is 1. The summed E-state index contributed by atoms with van der Waals surface area (Å²) < 4.78 is 0.908. The molecule has 27 heavy (non-hydrogen) atoms. The van der Waals surface area contributed by atoms with Crippen LogP contribution >= 0.6 is 23.1 Å². The number of thiazole rings is 1. The van der Waals surface area contributed by atoms with Gasteiger partial charge in [0.2, 0.25) is 5.91 Å². The van der Waals surface area contributed by atoms with Crippen molar-refractivity contribution in [2.45, 2.75) is 43.2 Å². The smallest absolute Gasteiger partial charge is 0.237 e. The van der Waals surface area contributed by atoms with Crippen molar-refractivity contribution in [3.05, 3.63) is 65.0 Å². The van der Waals surface area contributed by atoms with Crippen molar-refractivity contribution in [3.63, 3.8) is 0 Å². The molecule has 0 spiro atoms. The van der Waals surface area contributed by atoms with Gasteiger partial charge in [0.15, 0.2) is 4.34 Å². The van der Waals surface area contributed by atoms with Crippen LogP contribution in [0.3, 0.4) is 0 Å². The Morgan fingerprint density at radius 3 is 2.52 bits per heavy atom. The van der Waals surface area contributed by atoms with E-state index in [1.165, 1.54) is 17.3 Å². The molecular formula is C22H24N2OS2. The highest BCUT2D eigenvalue weighted by Crippen LogP contribution is 2.32. The van der Waals surface area contributed by atoms with Gasteiger partial charge in [-0.05, 0) is 30.9 Å². The van der Waals surface area contributed by atoms with Crippen molar-refractivity contribution in [1.82, 2.24) is 4.98 Å². The molecule has 1 heterocycles. The van der Waals surface area contributed by atoms with E-state index in [0.717, 1.165) is 26.8 Å². The van der Waals surface area contributed by atoms with Crippen LogP contribution in [0.2, 0.25) is 0 Å². The third-order valence-corrected chi connectivity index (χ3v) is 6.45. The topological polar surface area (TPSA) is 42.0 Å². The molecule has 0 saturated carbocycles. The Kier molecular flexibility index (Phi) is 6.34. The number of rotatable bonds is 6. The SMILES string of the molecule is Cc1cccc(C(C)C)c1NC(=O)C(C)Sc1nc(-c2ccccc2)cs1. The van der Waals surface area contributed by atoms with Gasteiger partial charge in [-0.3, -0.25) is 4.79 Å². The van der Waals surface area contributed by atoms with Crippen LogP contribution in [0, 0.1) is 6.92 Å². The van der Waals surface area contributed by atoms with Gasteiger partial charge in [0.25, 0.3) is 0 Å². The first-order valence-electron chi connectivity index (χ1n) is 9.03. The van der Waals surface area contributed by atoms with E-state index in [0.29, 0.717) is 5.92 Å². The second-order valence-corrected chi connectivity index (χ2v) is 9.25. The van der Waals surface area contributed by atoms with Crippen LogP contribution in [-0.4, -0.2) is 16.1 Å². The minimum atomic E-state index is -0.223. The molecule has 3 nitrogen and oxygen atoms in total. The fourth-order valence-electron chi connectivity index (χ4n) is 2.82. The average molecular weight is 397 g/mol. The van der Waals surface area contributed by atoms with Crippen LogP contribution in [0.15, 0.2) is 58.3 Å². The number of aromatic nitrogens is 1. The van der Waals surface area contributed by atoms with Crippen LogP contribution in [0.1, 0.15) is 37.8 Å². The van der Waals surface area contributed by atoms with Gasteiger partial charge in [-0.2, -0.15) is 0 Å². The minimum absolute atomic E-state index is 0.00709. The van der Waals surface area contributed by atoms with E-state index in [-0.39, 0.29) is 11.2 Å². The molecule has 2 aromatic carbocycles. The lowest BCUT2D eigenvalue weighted by atomic mass is 9.98. The van der Waals surface area contributed by atoms with E-state index in [2.05, 4.69) is 30.2 Å². The largest absolute Gasteiger partial charge is 0.325 e. The summed E-state index contributed by atoms with van der Waals surface area (Å²) in [6, 6.07) is 16.3. The zero-order valence-corrected chi connectivity index (χ0v) is 17.7. The van der Waals surface area contributed by atoms with Gasteiger partial charge in [0.1, 0.15) is 0 Å². The lowest BCUT2D eigenvalue weighted by molar-refractivity contribution is -0.115. The van der Waals surface area contributed by atoms with E-state index in [1.807, 2.05) is 61.7 Å². The van der Waals surface area contributed by atoms with Crippen LogP contribution in [0.4, 0.5) is 5.69 Å². The van der Waals surface area contributed by atoms with Gasteiger partial charge >= 0.3 is 0 Å². The third-order valence-electron chi connectivity index (χ3n) is 4.37. The number of carbonyl (C=O) groups is 1. The number of carbonyl (C=O) groups excluding carboxylic acids is 1. The summed E-state index contributed by atoms with van der Waals surface area (Å²) in [6.07, 6.45) is 0. The maximum absolute atomic E-state index is 12.8. The maximum atomic E-state index is 12.8. The Hall–Kier alpha value is -2.11. The van der Waals surface area contributed by atoms with Crippen molar-refractivity contribution in [2.75, 3.05) is 5.32 Å². The molecule has 5 heteroatoms. The summed E-state index contributed by atoms with van der Waals surface area (Å²) in [5.41, 5.74) is 5.25. The van der Waals surface area contributed by atoms with Crippen LogP contribution in [-0.2, 0) is 4.79 Å². The van der Waals surface area contributed by atoms with Gasteiger partial charge in [-0.15, -0.1) is 11.3 Å². The molecule has 1 atom stereocenters.